The number of nitrogens with one attached hydrogen (secondary N) is 1. The van der Waals surface area contributed by atoms with E-state index in [4.69, 9.17) is 4.74 Å². The van der Waals surface area contributed by atoms with Gasteiger partial charge in [0, 0.05) is 19.9 Å². The van der Waals surface area contributed by atoms with Crippen LogP contribution in [0.2, 0.25) is 0 Å². The Hall–Kier alpha value is -2.04. The highest BCUT2D eigenvalue weighted by Gasteiger charge is 2.20. The van der Waals surface area contributed by atoms with Crippen molar-refractivity contribution in [2.45, 2.75) is 113 Å². The molecule has 0 radical (unpaired) electrons. The molecule has 1 saturated carbocycles. The van der Waals surface area contributed by atoms with E-state index in [1.807, 2.05) is 60.6 Å². The molecule has 5 heteroatoms. The second kappa shape index (κ2) is 19.4. The van der Waals surface area contributed by atoms with Crippen molar-refractivity contribution in [2.24, 2.45) is 17.6 Å². The lowest BCUT2D eigenvalue weighted by atomic mass is 9.81. The predicted octanol–water partition coefficient (Wildman–Crippen LogP) is 6.67. The van der Waals surface area contributed by atoms with Crippen LogP contribution in [0.3, 0.4) is 0 Å². The van der Waals surface area contributed by atoms with Gasteiger partial charge in [-0.3, -0.25) is 9.59 Å². The number of amides is 2. The van der Waals surface area contributed by atoms with E-state index < -0.39 is 0 Å². The Kier molecular flexibility index (Phi) is 19.5. The van der Waals surface area contributed by atoms with Gasteiger partial charge < -0.3 is 15.8 Å². The average molecular weight is 465 g/mol. The molecule has 1 aromatic rings. The lowest BCUT2D eigenvalue weighted by Gasteiger charge is -2.27. The minimum absolute atomic E-state index is 0.174. The molecule has 3 N–H and O–H groups in total. The molecule has 2 amide bonds. The highest BCUT2D eigenvalue weighted by Crippen LogP contribution is 2.30. The summed E-state index contributed by atoms with van der Waals surface area (Å²) in [5.74, 6) is 2.31. The zero-order chi connectivity index (χ0) is 25.9. The standard InChI is InChI=1S/C22H35NO2.C2H5NO.2C2H6/c1-5-17-6-8-19(9-7-17)16-23-21(24)15-12-18-10-13-20(14-11-18)25-22(2,3)4;1-2(3)4;2*1-2/h10-11,13-14,17,19H,5-9,12,15-16H2,1-4H3,(H,23,24);1H3,(H2,3,4);2*1-2H3. The van der Waals surface area contributed by atoms with Crippen molar-refractivity contribution >= 4 is 11.8 Å². The van der Waals surface area contributed by atoms with Crippen LogP contribution in [0.25, 0.3) is 0 Å². The largest absolute Gasteiger partial charge is 0.488 e. The van der Waals surface area contributed by atoms with E-state index in [0.29, 0.717) is 12.3 Å². The van der Waals surface area contributed by atoms with Gasteiger partial charge in [-0.15, -0.1) is 0 Å². The average Bonchev–Trinajstić information content (AvgIpc) is 2.79. The summed E-state index contributed by atoms with van der Waals surface area (Å²) in [7, 11) is 0. The van der Waals surface area contributed by atoms with E-state index in [1.165, 1.54) is 44.6 Å². The van der Waals surface area contributed by atoms with Crippen molar-refractivity contribution in [1.29, 1.82) is 0 Å². The molecule has 1 aromatic carbocycles. The van der Waals surface area contributed by atoms with Gasteiger partial charge in [-0.1, -0.05) is 66.0 Å². The maximum Gasteiger partial charge on any atom is 0.220 e. The Morgan fingerprint density at radius 2 is 1.42 bits per heavy atom. The fourth-order valence-electron chi connectivity index (χ4n) is 3.53. The van der Waals surface area contributed by atoms with Gasteiger partial charge in [0.1, 0.15) is 11.4 Å². The fraction of sp³-hybridized carbons (Fsp3) is 0.714. The molecule has 33 heavy (non-hydrogen) atoms. The monoisotopic (exact) mass is 464 g/mol. The van der Waals surface area contributed by atoms with Crippen LogP contribution in [0.5, 0.6) is 5.75 Å². The summed E-state index contributed by atoms with van der Waals surface area (Å²) < 4.78 is 5.82. The van der Waals surface area contributed by atoms with Crippen molar-refractivity contribution in [3.05, 3.63) is 29.8 Å². The van der Waals surface area contributed by atoms with Crippen LogP contribution in [0, 0.1) is 11.8 Å². The molecule has 0 aromatic heterocycles. The van der Waals surface area contributed by atoms with Crippen LogP contribution in [-0.4, -0.2) is 24.0 Å². The minimum atomic E-state index is -0.333. The first-order valence-electron chi connectivity index (χ1n) is 12.9. The normalized spacial score (nSPS) is 17.0. The van der Waals surface area contributed by atoms with Crippen LogP contribution >= 0.6 is 0 Å². The molecule has 1 aliphatic carbocycles. The smallest absolute Gasteiger partial charge is 0.220 e. The first-order valence-corrected chi connectivity index (χ1v) is 12.9. The van der Waals surface area contributed by atoms with E-state index in [9.17, 15) is 9.59 Å². The van der Waals surface area contributed by atoms with Gasteiger partial charge in [-0.25, -0.2) is 0 Å². The van der Waals surface area contributed by atoms with E-state index in [0.717, 1.165) is 24.6 Å². The summed E-state index contributed by atoms with van der Waals surface area (Å²) in [5.41, 5.74) is 5.47. The van der Waals surface area contributed by atoms with Gasteiger partial charge in [-0.05, 0) is 69.6 Å². The molecule has 2 rings (SSSR count). The predicted molar refractivity (Wildman–Crippen MR) is 141 cm³/mol. The highest BCUT2D eigenvalue weighted by atomic mass is 16.5. The molecule has 0 aliphatic heterocycles. The second-order valence-electron chi connectivity index (χ2n) is 9.07. The number of hydrogen-bond acceptors (Lipinski definition) is 3. The number of carbonyl (C=O) groups excluding carboxylic acids is 2. The van der Waals surface area contributed by atoms with Gasteiger partial charge in [-0.2, -0.15) is 0 Å². The van der Waals surface area contributed by atoms with Gasteiger partial charge in [0.2, 0.25) is 11.8 Å². The molecule has 192 valence electrons. The molecule has 0 heterocycles. The van der Waals surface area contributed by atoms with Crippen molar-refractivity contribution < 1.29 is 14.3 Å². The number of carbonyl (C=O) groups is 2. The molecular weight excluding hydrogens is 412 g/mol. The second-order valence-corrected chi connectivity index (χ2v) is 9.07. The number of ether oxygens (including phenoxy) is 1. The molecule has 1 aliphatic rings. The quantitative estimate of drug-likeness (QED) is 0.472. The number of nitrogens with two attached hydrogens (primary N) is 1. The molecule has 0 spiro atoms. The number of rotatable bonds is 7. The van der Waals surface area contributed by atoms with E-state index in [2.05, 4.69) is 30.1 Å². The van der Waals surface area contributed by atoms with Crippen LogP contribution in [0.1, 0.15) is 106 Å². The molecular formula is C28H52N2O3. The van der Waals surface area contributed by atoms with Crippen molar-refractivity contribution in [3.63, 3.8) is 0 Å². The zero-order valence-electron chi connectivity index (χ0n) is 22.9. The Morgan fingerprint density at radius 3 is 1.85 bits per heavy atom. The first kappa shape index (κ1) is 33.1. The lowest BCUT2D eigenvalue weighted by Crippen LogP contribution is -2.31. The number of primary amides is 1. The fourth-order valence-corrected chi connectivity index (χ4v) is 3.53. The number of aryl methyl sites for hydroxylation is 1. The van der Waals surface area contributed by atoms with E-state index in [-0.39, 0.29) is 17.4 Å². The first-order chi connectivity index (χ1) is 15.6. The van der Waals surface area contributed by atoms with Crippen LogP contribution in [-0.2, 0) is 16.0 Å². The summed E-state index contributed by atoms with van der Waals surface area (Å²) in [6.07, 6.45) is 7.86. The SMILES string of the molecule is CC.CC.CC(N)=O.CCC1CCC(CNC(=O)CCc2ccc(OC(C)(C)C)cc2)CC1. The molecule has 0 bridgehead atoms. The van der Waals surface area contributed by atoms with Gasteiger partial charge in [0.05, 0.1) is 0 Å². The highest BCUT2D eigenvalue weighted by molar-refractivity contribution is 5.76. The van der Waals surface area contributed by atoms with Crippen molar-refractivity contribution in [1.82, 2.24) is 5.32 Å². The summed E-state index contributed by atoms with van der Waals surface area (Å²) in [4.78, 5) is 21.3. The number of benzene rings is 1. The third kappa shape index (κ3) is 19.2. The Bertz CT molecular complexity index is 609. The van der Waals surface area contributed by atoms with E-state index in [1.54, 1.807) is 0 Å². The van der Waals surface area contributed by atoms with Crippen LogP contribution in [0.15, 0.2) is 24.3 Å². The summed E-state index contributed by atoms with van der Waals surface area (Å²) in [6, 6.07) is 8.09. The third-order valence-corrected chi connectivity index (χ3v) is 5.12. The van der Waals surface area contributed by atoms with Gasteiger partial charge in [0.15, 0.2) is 0 Å². The minimum Gasteiger partial charge on any atom is -0.488 e. The maximum absolute atomic E-state index is 12.1. The molecule has 1 fully saturated rings. The third-order valence-electron chi connectivity index (χ3n) is 5.12. The molecule has 0 unspecified atom stereocenters. The number of hydrogen-bond donors (Lipinski definition) is 2. The van der Waals surface area contributed by atoms with Crippen molar-refractivity contribution in [2.75, 3.05) is 6.54 Å². The van der Waals surface area contributed by atoms with Gasteiger partial charge in [0.25, 0.3) is 0 Å². The molecule has 0 atom stereocenters. The zero-order valence-corrected chi connectivity index (χ0v) is 22.9. The summed E-state index contributed by atoms with van der Waals surface area (Å²) in [5, 5.41) is 3.13. The lowest BCUT2D eigenvalue weighted by molar-refractivity contribution is -0.121. The van der Waals surface area contributed by atoms with E-state index >= 15 is 0 Å². The summed E-state index contributed by atoms with van der Waals surface area (Å²) >= 11 is 0. The Balaban J connectivity index is 0. The van der Waals surface area contributed by atoms with Crippen LogP contribution in [0.4, 0.5) is 0 Å². The summed E-state index contributed by atoms with van der Waals surface area (Å²) in [6.45, 7) is 18.6. The van der Waals surface area contributed by atoms with Gasteiger partial charge >= 0.3 is 0 Å². The van der Waals surface area contributed by atoms with Crippen LogP contribution < -0.4 is 15.8 Å². The van der Waals surface area contributed by atoms with Crippen molar-refractivity contribution in [3.8, 4) is 5.75 Å². The maximum atomic E-state index is 12.1. The Labute approximate surface area is 204 Å². The topological polar surface area (TPSA) is 81.4 Å². The Morgan fingerprint density at radius 1 is 0.970 bits per heavy atom. The molecule has 5 nitrogen and oxygen atoms in total. The molecule has 0 saturated heterocycles.